The van der Waals surface area contributed by atoms with Gasteiger partial charge in [-0.15, -0.1) is 0 Å². The van der Waals surface area contributed by atoms with E-state index in [0.29, 0.717) is 6.61 Å². The van der Waals surface area contributed by atoms with Crippen molar-refractivity contribution in [2.75, 3.05) is 44.2 Å². The van der Waals surface area contributed by atoms with Gasteiger partial charge >= 0.3 is 5.97 Å². The van der Waals surface area contributed by atoms with Gasteiger partial charge in [0.25, 0.3) is 0 Å². The number of hydrogen-bond donors (Lipinski definition) is 0. The first-order chi connectivity index (χ1) is 17.5. The summed E-state index contributed by atoms with van der Waals surface area (Å²) in [5, 5.41) is 0. The van der Waals surface area contributed by atoms with Gasteiger partial charge < -0.3 is 9.64 Å². The third kappa shape index (κ3) is 6.36. The molecule has 0 N–H and O–H groups in total. The average molecular weight is 485 g/mol. The molecule has 0 aliphatic carbocycles. The van der Waals surface area contributed by atoms with Crippen molar-refractivity contribution in [2.45, 2.75) is 45.4 Å². The van der Waals surface area contributed by atoms with Crippen LogP contribution in [0.4, 0.5) is 5.69 Å². The summed E-state index contributed by atoms with van der Waals surface area (Å²) < 4.78 is 5.61. The standard InChI is InChI=1S/C32H40N2O2/c1-4-23-36-31(35)32(3,29-14-6-5-7-15-29)17-10-18-33-19-21-34(22-20-33)30-16-9-13-28(25-30)27-12-8-11-26(2)24-27/h5-9,11-16,24-25H,4,10,17-23H2,1-3H3. The lowest BCUT2D eigenvalue weighted by atomic mass is 9.78. The van der Waals surface area contributed by atoms with Crippen molar-refractivity contribution in [3.8, 4) is 11.1 Å². The summed E-state index contributed by atoms with van der Waals surface area (Å²) in [6, 6.07) is 27.7. The second-order valence-corrected chi connectivity index (χ2v) is 10.2. The topological polar surface area (TPSA) is 32.8 Å². The molecule has 36 heavy (non-hydrogen) atoms. The lowest BCUT2D eigenvalue weighted by Gasteiger charge is -2.37. The molecule has 190 valence electrons. The van der Waals surface area contributed by atoms with Crippen LogP contribution in [0, 0.1) is 6.92 Å². The molecule has 1 saturated heterocycles. The van der Waals surface area contributed by atoms with Gasteiger partial charge in [-0.25, -0.2) is 0 Å². The van der Waals surface area contributed by atoms with E-state index in [2.05, 4.69) is 77.4 Å². The van der Waals surface area contributed by atoms with Crippen molar-refractivity contribution in [3.63, 3.8) is 0 Å². The number of nitrogens with zero attached hydrogens (tertiary/aromatic N) is 2. The first-order valence-electron chi connectivity index (χ1n) is 13.4. The fourth-order valence-electron chi connectivity index (χ4n) is 5.12. The van der Waals surface area contributed by atoms with E-state index in [1.165, 1.54) is 22.4 Å². The highest BCUT2D eigenvalue weighted by atomic mass is 16.5. The Kier molecular flexibility index (Phi) is 8.82. The summed E-state index contributed by atoms with van der Waals surface area (Å²) in [6.45, 7) is 11.8. The molecule has 1 aliphatic rings. The molecule has 1 unspecified atom stereocenters. The van der Waals surface area contributed by atoms with Crippen LogP contribution in [0.25, 0.3) is 11.1 Å². The smallest absolute Gasteiger partial charge is 0.316 e. The number of benzene rings is 3. The van der Waals surface area contributed by atoms with Gasteiger partial charge in [0.15, 0.2) is 0 Å². The number of carbonyl (C=O) groups excluding carboxylic acids is 1. The summed E-state index contributed by atoms with van der Waals surface area (Å²) in [4.78, 5) is 18.0. The molecule has 0 saturated carbocycles. The molecule has 1 fully saturated rings. The SMILES string of the molecule is CCCOC(=O)C(C)(CCCN1CCN(c2cccc(-c3cccc(C)c3)c2)CC1)c1ccccc1. The van der Waals surface area contributed by atoms with Crippen molar-refractivity contribution in [3.05, 3.63) is 90.0 Å². The highest BCUT2D eigenvalue weighted by Crippen LogP contribution is 2.31. The van der Waals surface area contributed by atoms with Crippen LogP contribution >= 0.6 is 0 Å². The maximum Gasteiger partial charge on any atom is 0.316 e. The van der Waals surface area contributed by atoms with Crippen LogP contribution in [0.2, 0.25) is 0 Å². The molecule has 3 aromatic rings. The minimum atomic E-state index is -0.603. The van der Waals surface area contributed by atoms with Crippen molar-refractivity contribution in [2.24, 2.45) is 0 Å². The summed E-state index contributed by atoms with van der Waals surface area (Å²) in [5.74, 6) is -0.103. The molecule has 0 amide bonds. The predicted octanol–water partition coefficient (Wildman–Crippen LogP) is 6.48. The number of rotatable bonds is 10. The molecule has 1 aliphatic heterocycles. The van der Waals surface area contributed by atoms with Crippen molar-refractivity contribution in [1.29, 1.82) is 0 Å². The number of esters is 1. The molecule has 1 atom stereocenters. The van der Waals surface area contributed by atoms with E-state index in [0.717, 1.165) is 57.5 Å². The highest BCUT2D eigenvalue weighted by Gasteiger charge is 2.36. The minimum Gasteiger partial charge on any atom is -0.465 e. The number of piperazine rings is 1. The van der Waals surface area contributed by atoms with Gasteiger partial charge in [0.05, 0.1) is 12.0 Å². The Morgan fingerprint density at radius 2 is 1.58 bits per heavy atom. The van der Waals surface area contributed by atoms with Gasteiger partial charge in [-0.05, 0) is 68.5 Å². The summed E-state index contributed by atoms with van der Waals surface area (Å²) >= 11 is 0. The van der Waals surface area contributed by atoms with Gasteiger partial charge in [0.2, 0.25) is 0 Å². The van der Waals surface area contributed by atoms with Gasteiger partial charge in [0, 0.05) is 31.9 Å². The van der Waals surface area contributed by atoms with Gasteiger partial charge in [-0.2, -0.15) is 0 Å². The van der Waals surface area contributed by atoms with E-state index in [1.54, 1.807) is 0 Å². The summed E-state index contributed by atoms with van der Waals surface area (Å²) in [5.41, 5.74) is 5.57. The van der Waals surface area contributed by atoms with E-state index in [9.17, 15) is 4.79 Å². The Balaban J connectivity index is 1.32. The maximum atomic E-state index is 13.0. The fraction of sp³-hybridized carbons (Fsp3) is 0.406. The fourth-order valence-corrected chi connectivity index (χ4v) is 5.12. The lowest BCUT2D eigenvalue weighted by molar-refractivity contribution is -0.150. The van der Waals surface area contributed by atoms with Crippen LogP contribution in [0.5, 0.6) is 0 Å². The Hall–Kier alpha value is -3.11. The number of aryl methyl sites for hydroxylation is 1. The molecule has 3 aromatic carbocycles. The molecule has 1 heterocycles. The third-order valence-corrected chi connectivity index (χ3v) is 7.38. The number of anilines is 1. The van der Waals surface area contributed by atoms with Crippen LogP contribution < -0.4 is 4.90 Å². The van der Waals surface area contributed by atoms with Gasteiger partial charge in [0.1, 0.15) is 0 Å². The molecule has 0 bridgehead atoms. The summed E-state index contributed by atoms with van der Waals surface area (Å²) in [7, 11) is 0. The minimum absolute atomic E-state index is 0.103. The molecule has 0 spiro atoms. The normalized spacial score (nSPS) is 15.9. The Labute approximate surface area is 216 Å². The first kappa shape index (κ1) is 26.0. The predicted molar refractivity (Wildman–Crippen MR) is 150 cm³/mol. The zero-order valence-corrected chi connectivity index (χ0v) is 22.1. The van der Waals surface area contributed by atoms with Crippen molar-refractivity contribution in [1.82, 2.24) is 4.90 Å². The van der Waals surface area contributed by atoms with E-state index >= 15 is 0 Å². The van der Waals surface area contributed by atoms with Gasteiger partial charge in [-0.3, -0.25) is 9.69 Å². The molecule has 0 radical (unpaired) electrons. The van der Waals surface area contributed by atoms with Crippen LogP contribution in [-0.4, -0.2) is 50.2 Å². The number of hydrogen-bond acceptors (Lipinski definition) is 4. The van der Waals surface area contributed by atoms with Gasteiger partial charge in [-0.1, -0.05) is 79.2 Å². The van der Waals surface area contributed by atoms with Crippen LogP contribution in [-0.2, 0) is 14.9 Å². The first-order valence-corrected chi connectivity index (χ1v) is 13.4. The second-order valence-electron chi connectivity index (χ2n) is 10.2. The molecule has 4 heteroatoms. The lowest BCUT2D eigenvalue weighted by Crippen LogP contribution is -2.47. The largest absolute Gasteiger partial charge is 0.465 e. The van der Waals surface area contributed by atoms with E-state index in [-0.39, 0.29) is 5.97 Å². The zero-order valence-electron chi connectivity index (χ0n) is 22.1. The molecular formula is C32H40N2O2. The Morgan fingerprint density at radius 1 is 0.889 bits per heavy atom. The second kappa shape index (κ2) is 12.2. The molecular weight excluding hydrogens is 444 g/mol. The average Bonchev–Trinajstić information content (AvgIpc) is 2.92. The van der Waals surface area contributed by atoms with Crippen molar-refractivity contribution < 1.29 is 9.53 Å². The third-order valence-electron chi connectivity index (χ3n) is 7.38. The Bertz CT molecular complexity index is 1120. The Morgan fingerprint density at radius 3 is 2.28 bits per heavy atom. The van der Waals surface area contributed by atoms with Crippen LogP contribution in [0.1, 0.15) is 44.2 Å². The highest BCUT2D eigenvalue weighted by molar-refractivity contribution is 5.82. The van der Waals surface area contributed by atoms with Crippen LogP contribution in [0.3, 0.4) is 0 Å². The van der Waals surface area contributed by atoms with E-state index in [1.807, 2.05) is 32.0 Å². The van der Waals surface area contributed by atoms with E-state index < -0.39 is 5.41 Å². The quantitative estimate of drug-likeness (QED) is 0.309. The number of carbonyl (C=O) groups is 1. The zero-order chi connectivity index (χ0) is 25.4. The van der Waals surface area contributed by atoms with Crippen LogP contribution in [0.15, 0.2) is 78.9 Å². The summed E-state index contributed by atoms with van der Waals surface area (Å²) in [6.07, 6.45) is 2.60. The molecule has 4 nitrogen and oxygen atoms in total. The maximum absolute atomic E-state index is 13.0. The molecule has 0 aromatic heterocycles. The number of ether oxygens (including phenoxy) is 1. The van der Waals surface area contributed by atoms with E-state index in [4.69, 9.17) is 4.74 Å². The van der Waals surface area contributed by atoms with Crippen molar-refractivity contribution >= 4 is 11.7 Å². The molecule has 4 rings (SSSR count). The monoisotopic (exact) mass is 484 g/mol.